The minimum absolute atomic E-state index is 0.0835. The summed E-state index contributed by atoms with van der Waals surface area (Å²) < 4.78 is 32.8. The minimum Gasteiger partial charge on any atom is -0.378 e. The van der Waals surface area contributed by atoms with E-state index in [1.807, 2.05) is 24.3 Å². The van der Waals surface area contributed by atoms with Crippen LogP contribution in [0.1, 0.15) is 15.9 Å². The summed E-state index contributed by atoms with van der Waals surface area (Å²) in [5, 5.41) is 10.6. The normalized spacial score (nSPS) is 14.3. The maximum absolute atomic E-state index is 12.6. The van der Waals surface area contributed by atoms with Crippen LogP contribution < -0.4 is 14.9 Å². The quantitative estimate of drug-likeness (QED) is 0.486. The van der Waals surface area contributed by atoms with Crippen molar-refractivity contribution < 1.29 is 17.9 Å². The Balaban J connectivity index is 1.35. The highest BCUT2D eigenvalue weighted by molar-refractivity contribution is 7.91. The molecule has 168 valence electrons. The Bertz CT molecular complexity index is 1180. The highest BCUT2D eigenvalue weighted by Crippen LogP contribution is 2.22. The fraction of sp³-hybridized carbons (Fsp3) is 0.250. The summed E-state index contributed by atoms with van der Waals surface area (Å²) in [6.07, 6.45) is 0. The second-order valence-corrected chi connectivity index (χ2v) is 10.3. The van der Waals surface area contributed by atoms with Crippen LogP contribution in [0.4, 0.5) is 10.8 Å². The van der Waals surface area contributed by atoms with Crippen LogP contribution in [0.15, 0.2) is 52.9 Å². The third kappa shape index (κ3) is 5.61. The summed E-state index contributed by atoms with van der Waals surface area (Å²) in [5.74, 6) is -0.435. The van der Waals surface area contributed by atoms with Gasteiger partial charge in [-0.05, 0) is 42.0 Å². The van der Waals surface area contributed by atoms with E-state index < -0.39 is 15.9 Å². The third-order valence-corrected chi connectivity index (χ3v) is 7.60. The molecule has 3 aromatic rings. The molecule has 0 spiro atoms. The van der Waals surface area contributed by atoms with Gasteiger partial charge in [0.25, 0.3) is 15.9 Å². The number of ether oxygens (including phenoxy) is 1. The highest BCUT2D eigenvalue weighted by Gasteiger charge is 2.21. The molecular formula is C20H20ClN5O4S2. The standard InChI is InChI=1S/C20H20ClN5O4S2/c21-16-5-3-15(4-6-16)18(27)23-19-24-25-20(31-19)32(28,29)22-13-14-1-7-17(8-2-14)26-9-11-30-12-10-26/h1-8,22H,9-13H2,(H,23,24,27). The zero-order valence-corrected chi connectivity index (χ0v) is 19.2. The van der Waals surface area contributed by atoms with E-state index in [1.54, 1.807) is 24.3 Å². The number of nitrogens with one attached hydrogen (secondary N) is 2. The van der Waals surface area contributed by atoms with Gasteiger partial charge >= 0.3 is 0 Å². The average molecular weight is 494 g/mol. The lowest BCUT2D eigenvalue weighted by Crippen LogP contribution is -2.36. The van der Waals surface area contributed by atoms with Crippen molar-refractivity contribution in [3.63, 3.8) is 0 Å². The molecule has 2 aromatic carbocycles. The lowest BCUT2D eigenvalue weighted by Gasteiger charge is -2.28. The van der Waals surface area contributed by atoms with Crippen LogP contribution in [0, 0.1) is 0 Å². The second-order valence-electron chi connectivity index (χ2n) is 6.92. The maximum Gasteiger partial charge on any atom is 0.270 e. The number of morpholine rings is 1. The molecule has 0 saturated carbocycles. The third-order valence-electron chi connectivity index (χ3n) is 4.74. The van der Waals surface area contributed by atoms with E-state index in [0.717, 1.165) is 35.7 Å². The van der Waals surface area contributed by atoms with E-state index in [2.05, 4.69) is 25.1 Å². The van der Waals surface area contributed by atoms with Crippen LogP contribution in [0.5, 0.6) is 0 Å². The van der Waals surface area contributed by atoms with Gasteiger partial charge in [-0.25, -0.2) is 13.1 Å². The molecule has 1 aromatic heterocycles. The van der Waals surface area contributed by atoms with Gasteiger partial charge in [-0.3, -0.25) is 10.1 Å². The van der Waals surface area contributed by atoms with Gasteiger partial charge in [0.15, 0.2) is 0 Å². The SMILES string of the molecule is O=C(Nc1nnc(S(=O)(=O)NCc2ccc(N3CCOCC3)cc2)s1)c1ccc(Cl)cc1. The Morgan fingerprint density at radius 1 is 1.06 bits per heavy atom. The number of hydrogen-bond acceptors (Lipinski definition) is 8. The molecule has 1 amide bonds. The number of anilines is 2. The molecule has 0 aliphatic carbocycles. The van der Waals surface area contributed by atoms with Crippen LogP contribution in [-0.2, 0) is 21.3 Å². The number of rotatable bonds is 7. The predicted octanol–water partition coefficient (Wildman–Crippen LogP) is 2.76. The van der Waals surface area contributed by atoms with Crippen molar-refractivity contribution >= 4 is 49.7 Å². The Hall–Kier alpha value is -2.57. The molecular weight excluding hydrogens is 474 g/mol. The van der Waals surface area contributed by atoms with Crippen molar-refractivity contribution in [3.8, 4) is 0 Å². The molecule has 0 atom stereocenters. The van der Waals surface area contributed by atoms with Gasteiger partial charge in [-0.15, -0.1) is 10.2 Å². The van der Waals surface area contributed by atoms with Crippen molar-refractivity contribution in [1.29, 1.82) is 0 Å². The van der Waals surface area contributed by atoms with Gasteiger partial charge < -0.3 is 9.64 Å². The fourth-order valence-electron chi connectivity index (χ4n) is 3.03. The molecule has 0 bridgehead atoms. The van der Waals surface area contributed by atoms with Gasteiger partial charge in [0.05, 0.1) is 13.2 Å². The predicted molar refractivity (Wildman–Crippen MR) is 123 cm³/mol. The zero-order valence-electron chi connectivity index (χ0n) is 16.8. The summed E-state index contributed by atoms with van der Waals surface area (Å²) >= 11 is 6.59. The molecule has 0 radical (unpaired) electrons. The highest BCUT2D eigenvalue weighted by atomic mass is 35.5. The van der Waals surface area contributed by atoms with Crippen LogP contribution in [0.3, 0.4) is 0 Å². The number of hydrogen-bond donors (Lipinski definition) is 2. The van der Waals surface area contributed by atoms with E-state index in [-0.39, 0.29) is 16.0 Å². The molecule has 1 aliphatic heterocycles. The Morgan fingerprint density at radius 3 is 2.44 bits per heavy atom. The molecule has 4 rings (SSSR count). The number of benzene rings is 2. The maximum atomic E-state index is 12.6. The first-order valence-corrected chi connectivity index (χ1v) is 12.4. The average Bonchev–Trinajstić information content (AvgIpc) is 3.29. The van der Waals surface area contributed by atoms with Gasteiger partial charge in [0.1, 0.15) is 0 Å². The summed E-state index contributed by atoms with van der Waals surface area (Å²) in [6, 6.07) is 14.0. The molecule has 1 aliphatic rings. The molecule has 32 heavy (non-hydrogen) atoms. The molecule has 1 saturated heterocycles. The molecule has 2 N–H and O–H groups in total. The molecule has 9 nitrogen and oxygen atoms in total. The van der Waals surface area contributed by atoms with Gasteiger partial charge in [-0.2, -0.15) is 0 Å². The summed E-state index contributed by atoms with van der Waals surface area (Å²) in [4.78, 5) is 14.5. The first kappa shape index (κ1) is 22.6. The van der Waals surface area contributed by atoms with Crippen LogP contribution >= 0.6 is 22.9 Å². The van der Waals surface area contributed by atoms with Crippen molar-refractivity contribution in [3.05, 3.63) is 64.7 Å². The van der Waals surface area contributed by atoms with Crippen molar-refractivity contribution in [2.24, 2.45) is 0 Å². The second kappa shape index (κ2) is 9.92. The summed E-state index contributed by atoms with van der Waals surface area (Å²) in [5.41, 5.74) is 2.25. The van der Waals surface area contributed by atoms with E-state index in [1.165, 1.54) is 0 Å². The number of nitrogens with zero attached hydrogens (tertiary/aromatic N) is 3. The lowest BCUT2D eigenvalue weighted by molar-refractivity contribution is 0.102. The molecule has 2 heterocycles. The van der Waals surface area contributed by atoms with Crippen LogP contribution in [0.2, 0.25) is 5.02 Å². The van der Waals surface area contributed by atoms with Crippen LogP contribution in [0.25, 0.3) is 0 Å². The van der Waals surface area contributed by atoms with Gasteiger partial charge in [0.2, 0.25) is 9.47 Å². The van der Waals surface area contributed by atoms with Crippen LogP contribution in [-0.4, -0.2) is 50.8 Å². The number of halogens is 1. The number of sulfonamides is 1. The first-order chi connectivity index (χ1) is 15.4. The largest absolute Gasteiger partial charge is 0.378 e. The smallest absolute Gasteiger partial charge is 0.270 e. The zero-order chi connectivity index (χ0) is 22.6. The van der Waals surface area contributed by atoms with E-state index in [0.29, 0.717) is 23.8 Å². The van der Waals surface area contributed by atoms with E-state index in [9.17, 15) is 13.2 Å². The van der Waals surface area contributed by atoms with Crippen molar-refractivity contribution in [2.45, 2.75) is 10.9 Å². The van der Waals surface area contributed by atoms with Crippen molar-refractivity contribution in [1.82, 2.24) is 14.9 Å². The van der Waals surface area contributed by atoms with E-state index in [4.69, 9.17) is 16.3 Å². The van der Waals surface area contributed by atoms with Gasteiger partial charge in [0, 0.05) is 35.9 Å². The Kier molecular flexibility index (Phi) is 7.01. The number of aromatic nitrogens is 2. The van der Waals surface area contributed by atoms with Crippen molar-refractivity contribution in [2.75, 3.05) is 36.5 Å². The minimum atomic E-state index is -3.88. The first-order valence-electron chi connectivity index (χ1n) is 9.72. The molecule has 12 heteroatoms. The molecule has 0 unspecified atom stereocenters. The van der Waals surface area contributed by atoms with Gasteiger partial charge in [-0.1, -0.05) is 35.1 Å². The topological polar surface area (TPSA) is 114 Å². The lowest BCUT2D eigenvalue weighted by atomic mass is 10.2. The monoisotopic (exact) mass is 493 g/mol. The Labute approximate surface area is 194 Å². The van der Waals surface area contributed by atoms with E-state index >= 15 is 0 Å². The Morgan fingerprint density at radius 2 is 1.75 bits per heavy atom. The molecule has 1 fully saturated rings. The summed E-state index contributed by atoms with van der Waals surface area (Å²) in [7, 11) is -3.88. The number of carbonyl (C=O) groups is 1. The number of carbonyl (C=O) groups excluding carboxylic acids is 1. The summed E-state index contributed by atoms with van der Waals surface area (Å²) in [6.45, 7) is 3.18. The fourth-order valence-corrected chi connectivity index (χ4v) is 5.10. The number of amides is 1.